The number of morpholine rings is 1. The van der Waals surface area contributed by atoms with Gasteiger partial charge in [-0.1, -0.05) is 0 Å². The third-order valence-corrected chi connectivity index (χ3v) is 5.14. The van der Waals surface area contributed by atoms with E-state index in [2.05, 4.69) is 26.7 Å². The molecule has 7 nitrogen and oxygen atoms in total. The molecule has 0 radical (unpaired) electrons. The Morgan fingerprint density at radius 1 is 1.16 bits per heavy atom. The summed E-state index contributed by atoms with van der Waals surface area (Å²) < 4.78 is 7.54. The van der Waals surface area contributed by atoms with Crippen LogP contribution < -0.4 is 4.90 Å². The van der Waals surface area contributed by atoms with Crippen molar-refractivity contribution in [2.45, 2.75) is 33.4 Å². The number of fused-ring (bicyclic) bond motifs is 1. The Bertz CT molecular complexity index is 765. The zero-order valence-electron chi connectivity index (χ0n) is 15.3. The molecule has 0 saturated carbocycles. The predicted molar refractivity (Wildman–Crippen MR) is 95.6 cm³/mol. The Morgan fingerprint density at radius 2 is 1.96 bits per heavy atom. The molecule has 4 heterocycles. The SMILES string of the molecule is Cc1ncc2c(n1)CCN(Cc1c(C)nn(C)c1N1CCOCC1)C2. The zero-order valence-corrected chi connectivity index (χ0v) is 15.3. The number of anilines is 1. The Kier molecular flexibility index (Phi) is 4.43. The number of aryl methyl sites for hydroxylation is 3. The van der Waals surface area contributed by atoms with Crippen LogP contribution in [-0.4, -0.2) is 57.5 Å². The molecule has 0 aliphatic carbocycles. The quantitative estimate of drug-likeness (QED) is 0.836. The average Bonchev–Trinajstić information content (AvgIpc) is 2.89. The van der Waals surface area contributed by atoms with Gasteiger partial charge < -0.3 is 9.64 Å². The number of rotatable bonds is 3. The van der Waals surface area contributed by atoms with Gasteiger partial charge in [-0.15, -0.1) is 0 Å². The summed E-state index contributed by atoms with van der Waals surface area (Å²) in [5.41, 5.74) is 4.92. The van der Waals surface area contributed by atoms with Crippen LogP contribution in [0.2, 0.25) is 0 Å². The van der Waals surface area contributed by atoms with Gasteiger partial charge >= 0.3 is 0 Å². The van der Waals surface area contributed by atoms with Crippen LogP contribution in [0.1, 0.15) is 28.3 Å². The Balaban J connectivity index is 1.56. The third kappa shape index (κ3) is 3.26. The molecule has 25 heavy (non-hydrogen) atoms. The third-order valence-electron chi connectivity index (χ3n) is 5.14. The summed E-state index contributed by atoms with van der Waals surface area (Å²) in [4.78, 5) is 13.8. The number of hydrogen-bond acceptors (Lipinski definition) is 6. The smallest absolute Gasteiger partial charge is 0.131 e. The lowest BCUT2D eigenvalue weighted by Gasteiger charge is -2.32. The first-order chi connectivity index (χ1) is 12.1. The molecule has 0 spiro atoms. The molecular weight excluding hydrogens is 316 g/mol. The molecule has 7 heteroatoms. The summed E-state index contributed by atoms with van der Waals surface area (Å²) in [6.45, 7) is 10.4. The maximum Gasteiger partial charge on any atom is 0.131 e. The van der Waals surface area contributed by atoms with Crippen LogP contribution in [0.15, 0.2) is 6.20 Å². The Hall–Kier alpha value is -1.99. The fourth-order valence-electron chi connectivity index (χ4n) is 3.88. The lowest BCUT2D eigenvalue weighted by molar-refractivity contribution is 0.122. The first-order valence-electron chi connectivity index (χ1n) is 9.00. The summed E-state index contributed by atoms with van der Waals surface area (Å²) in [5, 5.41) is 4.69. The fourth-order valence-corrected chi connectivity index (χ4v) is 3.88. The summed E-state index contributed by atoms with van der Waals surface area (Å²) >= 11 is 0. The molecular formula is C18H26N6O. The van der Waals surface area contributed by atoms with Crippen molar-refractivity contribution in [3.05, 3.63) is 34.5 Å². The van der Waals surface area contributed by atoms with E-state index in [1.165, 1.54) is 22.6 Å². The lowest BCUT2D eigenvalue weighted by atomic mass is 10.1. The minimum atomic E-state index is 0.789. The van der Waals surface area contributed by atoms with Crippen LogP contribution >= 0.6 is 0 Å². The highest BCUT2D eigenvalue weighted by molar-refractivity contribution is 5.50. The molecule has 2 aromatic rings. The van der Waals surface area contributed by atoms with E-state index in [-0.39, 0.29) is 0 Å². The van der Waals surface area contributed by atoms with Gasteiger partial charge in [0.2, 0.25) is 0 Å². The van der Waals surface area contributed by atoms with Crippen LogP contribution in [-0.2, 0) is 31.3 Å². The molecule has 0 atom stereocenters. The van der Waals surface area contributed by atoms with E-state index in [4.69, 9.17) is 9.84 Å². The van der Waals surface area contributed by atoms with Crippen molar-refractivity contribution in [2.24, 2.45) is 7.05 Å². The molecule has 1 fully saturated rings. The first-order valence-corrected chi connectivity index (χ1v) is 9.00. The molecule has 1 saturated heterocycles. The second-order valence-electron chi connectivity index (χ2n) is 6.96. The van der Waals surface area contributed by atoms with Gasteiger partial charge in [-0.05, 0) is 13.8 Å². The second kappa shape index (κ2) is 6.72. The van der Waals surface area contributed by atoms with Crippen LogP contribution in [0.25, 0.3) is 0 Å². The van der Waals surface area contributed by atoms with Crippen molar-refractivity contribution in [3.63, 3.8) is 0 Å². The van der Waals surface area contributed by atoms with Crippen molar-refractivity contribution in [1.29, 1.82) is 0 Å². The van der Waals surface area contributed by atoms with E-state index >= 15 is 0 Å². The standard InChI is InChI=1S/C18H26N6O/c1-13-16(18(22(3)21-13)24-6-8-25-9-7-24)12-23-5-4-17-15(11-23)10-19-14(2)20-17/h10H,4-9,11-12H2,1-3H3. The largest absolute Gasteiger partial charge is 0.378 e. The molecule has 2 aliphatic heterocycles. The fraction of sp³-hybridized carbons (Fsp3) is 0.611. The van der Waals surface area contributed by atoms with Crippen molar-refractivity contribution >= 4 is 5.82 Å². The van der Waals surface area contributed by atoms with E-state index < -0.39 is 0 Å². The number of hydrogen-bond donors (Lipinski definition) is 0. The van der Waals surface area contributed by atoms with Gasteiger partial charge in [0.1, 0.15) is 11.6 Å². The van der Waals surface area contributed by atoms with Crippen LogP contribution in [0.4, 0.5) is 5.82 Å². The lowest BCUT2D eigenvalue weighted by Crippen LogP contribution is -2.38. The van der Waals surface area contributed by atoms with Gasteiger partial charge in [0.25, 0.3) is 0 Å². The molecule has 4 rings (SSSR count). The molecule has 0 N–H and O–H groups in total. The van der Waals surface area contributed by atoms with Crippen molar-refractivity contribution in [3.8, 4) is 0 Å². The zero-order chi connectivity index (χ0) is 17.4. The van der Waals surface area contributed by atoms with Crippen LogP contribution in [0, 0.1) is 13.8 Å². The highest BCUT2D eigenvalue weighted by Crippen LogP contribution is 2.27. The summed E-state index contributed by atoms with van der Waals surface area (Å²) in [5.74, 6) is 2.11. The number of ether oxygens (including phenoxy) is 1. The molecule has 0 bridgehead atoms. The predicted octanol–water partition coefficient (Wildman–Crippen LogP) is 1.22. The van der Waals surface area contributed by atoms with Gasteiger partial charge in [0.05, 0.1) is 18.9 Å². The monoisotopic (exact) mass is 342 g/mol. The molecule has 0 aromatic carbocycles. The maximum absolute atomic E-state index is 5.51. The number of aromatic nitrogens is 4. The van der Waals surface area contributed by atoms with E-state index in [1.807, 2.05) is 24.9 Å². The molecule has 0 amide bonds. The minimum Gasteiger partial charge on any atom is -0.378 e. The van der Waals surface area contributed by atoms with Crippen LogP contribution in [0.5, 0.6) is 0 Å². The normalized spacial score (nSPS) is 18.4. The number of nitrogens with zero attached hydrogens (tertiary/aromatic N) is 6. The summed E-state index contributed by atoms with van der Waals surface area (Å²) in [6.07, 6.45) is 2.98. The topological polar surface area (TPSA) is 59.3 Å². The van der Waals surface area contributed by atoms with Gasteiger partial charge in [0, 0.05) is 69.2 Å². The molecule has 134 valence electrons. The first kappa shape index (κ1) is 16.5. The van der Waals surface area contributed by atoms with E-state index in [0.717, 1.165) is 63.9 Å². The highest BCUT2D eigenvalue weighted by atomic mass is 16.5. The molecule has 2 aliphatic rings. The highest BCUT2D eigenvalue weighted by Gasteiger charge is 2.25. The Morgan fingerprint density at radius 3 is 2.76 bits per heavy atom. The average molecular weight is 342 g/mol. The van der Waals surface area contributed by atoms with Gasteiger partial charge in [0.15, 0.2) is 0 Å². The van der Waals surface area contributed by atoms with Crippen molar-refractivity contribution < 1.29 is 4.74 Å². The molecule has 0 unspecified atom stereocenters. The van der Waals surface area contributed by atoms with E-state index in [9.17, 15) is 0 Å². The Labute approximate surface area is 148 Å². The van der Waals surface area contributed by atoms with Crippen LogP contribution in [0.3, 0.4) is 0 Å². The van der Waals surface area contributed by atoms with Gasteiger partial charge in [-0.25, -0.2) is 9.97 Å². The van der Waals surface area contributed by atoms with Gasteiger partial charge in [-0.3, -0.25) is 9.58 Å². The second-order valence-corrected chi connectivity index (χ2v) is 6.96. The maximum atomic E-state index is 5.51. The molecule has 2 aromatic heterocycles. The van der Waals surface area contributed by atoms with E-state index in [1.54, 1.807) is 0 Å². The van der Waals surface area contributed by atoms with Gasteiger partial charge in [-0.2, -0.15) is 5.10 Å². The summed E-state index contributed by atoms with van der Waals surface area (Å²) in [7, 11) is 2.05. The van der Waals surface area contributed by atoms with Crippen molar-refractivity contribution in [2.75, 3.05) is 37.7 Å². The minimum absolute atomic E-state index is 0.789. The van der Waals surface area contributed by atoms with E-state index in [0.29, 0.717) is 0 Å². The van der Waals surface area contributed by atoms with Crippen molar-refractivity contribution in [1.82, 2.24) is 24.6 Å². The summed E-state index contributed by atoms with van der Waals surface area (Å²) in [6, 6.07) is 0.